The maximum Gasteiger partial charge on any atom is 0.259 e. The number of amides is 1. The maximum absolute atomic E-state index is 12.1. The number of hydrogen-bond acceptors (Lipinski definition) is 4. The lowest BCUT2D eigenvalue weighted by molar-refractivity contribution is 0.102. The van der Waals surface area contributed by atoms with E-state index in [0.717, 1.165) is 12.1 Å². The number of nitrogens with zero attached hydrogens (tertiary/aromatic N) is 1. The van der Waals surface area contributed by atoms with Crippen molar-refractivity contribution in [3.8, 4) is 5.75 Å². The molecule has 0 aliphatic heterocycles. The summed E-state index contributed by atoms with van der Waals surface area (Å²) in [6, 6.07) is 9.84. The number of aromatic nitrogens is 1. The number of aromatic hydroxyl groups is 1. The van der Waals surface area contributed by atoms with Gasteiger partial charge in [-0.15, -0.1) is 0 Å². The average Bonchev–Trinajstić information content (AvgIpc) is 3.30. The fourth-order valence-electron chi connectivity index (χ4n) is 2.09. The molecule has 1 amide bonds. The van der Waals surface area contributed by atoms with E-state index in [4.69, 9.17) is 0 Å². The number of nitrogens with one attached hydrogen (secondary N) is 2. The summed E-state index contributed by atoms with van der Waals surface area (Å²) in [4.78, 5) is 15.9. The van der Waals surface area contributed by atoms with Gasteiger partial charge in [-0.2, -0.15) is 0 Å². The Balaban J connectivity index is 1.67. The molecule has 0 bridgehead atoms. The number of benzene rings is 1. The second-order valence-corrected chi connectivity index (χ2v) is 5.20. The highest BCUT2D eigenvalue weighted by atomic mass is 16.3. The summed E-state index contributed by atoms with van der Waals surface area (Å²) in [7, 11) is 0. The van der Waals surface area contributed by atoms with Gasteiger partial charge in [0.2, 0.25) is 0 Å². The molecule has 2 aromatic rings. The van der Waals surface area contributed by atoms with Crippen LogP contribution in [0.1, 0.15) is 28.8 Å². The minimum absolute atomic E-state index is 0.124. The van der Waals surface area contributed by atoms with Crippen LogP contribution in [0.5, 0.6) is 5.75 Å². The molecule has 5 heteroatoms. The van der Waals surface area contributed by atoms with Crippen LogP contribution < -0.4 is 10.6 Å². The van der Waals surface area contributed by atoms with E-state index in [-0.39, 0.29) is 17.2 Å². The molecular formula is C16H17N3O2. The van der Waals surface area contributed by atoms with Crippen molar-refractivity contribution < 1.29 is 9.90 Å². The normalized spacial score (nSPS) is 13.9. The van der Waals surface area contributed by atoms with Gasteiger partial charge in [-0.05, 0) is 36.6 Å². The van der Waals surface area contributed by atoms with E-state index < -0.39 is 0 Å². The van der Waals surface area contributed by atoms with Crippen molar-refractivity contribution >= 4 is 11.6 Å². The molecule has 1 aliphatic carbocycles. The van der Waals surface area contributed by atoms with Gasteiger partial charge in [0.05, 0.1) is 11.8 Å². The molecule has 0 radical (unpaired) electrons. The smallest absolute Gasteiger partial charge is 0.259 e. The Bertz CT molecular complexity index is 653. The molecule has 1 aromatic carbocycles. The second kappa shape index (κ2) is 5.93. The Hall–Kier alpha value is -2.40. The van der Waals surface area contributed by atoms with E-state index in [1.165, 1.54) is 31.3 Å². The minimum atomic E-state index is -0.345. The van der Waals surface area contributed by atoms with Crippen LogP contribution >= 0.6 is 0 Å². The third-order valence-corrected chi connectivity index (χ3v) is 3.40. The van der Waals surface area contributed by atoms with Crippen molar-refractivity contribution in [2.24, 2.45) is 0 Å². The molecule has 0 saturated heterocycles. The third kappa shape index (κ3) is 3.58. The number of carbonyl (C=O) groups excluding carboxylic acids is 1. The zero-order chi connectivity index (χ0) is 14.7. The molecule has 3 N–H and O–H groups in total. The highest BCUT2D eigenvalue weighted by Crippen LogP contribution is 2.20. The molecule has 3 rings (SSSR count). The van der Waals surface area contributed by atoms with Gasteiger partial charge in [0.15, 0.2) is 0 Å². The van der Waals surface area contributed by atoms with Gasteiger partial charge in [0, 0.05) is 24.5 Å². The van der Waals surface area contributed by atoms with Crippen LogP contribution in [0.25, 0.3) is 0 Å². The van der Waals surface area contributed by atoms with E-state index in [2.05, 4.69) is 15.6 Å². The molecule has 0 unspecified atom stereocenters. The van der Waals surface area contributed by atoms with Gasteiger partial charge in [0.25, 0.3) is 5.91 Å². The standard InChI is InChI=1S/C16H17N3O2/c20-15-10-17-7-6-14(15)16(21)19-13-3-1-2-11(8-13)9-18-12-4-5-12/h1-3,6-8,10,12,18,20H,4-5,9H2,(H,19,21). The van der Waals surface area contributed by atoms with Gasteiger partial charge >= 0.3 is 0 Å². The van der Waals surface area contributed by atoms with Gasteiger partial charge < -0.3 is 15.7 Å². The van der Waals surface area contributed by atoms with Gasteiger partial charge in [-0.3, -0.25) is 9.78 Å². The van der Waals surface area contributed by atoms with Crippen LogP contribution in [0.3, 0.4) is 0 Å². The Labute approximate surface area is 123 Å². The number of hydrogen-bond donors (Lipinski definition) is 3. The number of rotatable bonds is 5. The first kappa shape index (κ1) is 13.6. The average molecular weight is 283 g/mol. The maximum atomic E-state index is 12.1. The minimum Gasteiger partial charge on any atom is -0.505 e. The fraction of sp³-hybridized carbons (Fsp3) is 0.250. The van der Waals surface area contributed by atoms with Crippen LogP contribution in [0.15, 0.2) is 42.7 Å². The lowest BCUT2D eigenvalue weighted by atomic mass is 10.2. The second-order valence-electron chi connectivity index (χ2n) is 5.20. The Kier molecular flexibility index (Phi) is 3.83. The number of pyridine rings is 1. The summed E-state index contributed by atoms with van der Waals surface area (Å²) < 4.78 is 0. The van der Waals surface area contributed by atoms with Gasteiger partial charge in [-0.25, -0.2) is 0 Å². The first-order valence-electron chi connectivity index (χ1n) is 6.99. The first-order chi connectivity index (χ1) is 10.2. The van der Waals surface area contributed by atoms with E-state index in [0.29, 0.717) is 11.7 Å². The van der Waals surface area contributed by atoms with Crippen LogP contribution in [-0.4, -0.2) is 22.0 Å². The summed E-state index contributed by atoms with van der Waals surface area (Å²) in [6.07, 6.45) is 5.23. The zero-order valence-electron chi connectivity index (χ0n) is 11.5. The van der Waals surface area contributed by atoms with Crippen molar-refractivity contribution in [3.63, 3.8) is 0 Å². The first-order valence-corrected chi connectivity index (χ1v) is 6.99. The van der Waals surface area contributed by atoms with Crippen molar-refractivity contribution in [2.45, 2.75) is 25.4 Å². The van der Waals surface area contributed by atoms with Crippen LogP contribution in [0.2, 0.25) is 0 Å². The topological polar surface area (TPSA) is 74.2 Å². The summed E-state index contributed by atoms with van der Waals surface area (Å²) in [6.45, 7) is 0.800. The van der Waals surface area contributed by atoms with Gasteiger partial charge in [-0.1, -0.05) is 12.1 Å². The van der Waals surface area contributed by atoms with Crippen LogP contribution in [0, 0.1) is 0 Å². The van der Waals surface area contributed by atoms with E-state index in [1.807, 2.05) is 24.3 Å². The van der Waals surface area contributed by atoms with Crippen LogP contribution in [0.4, 0.5) is 5.69 Å². The van der Waals surface area contributed by atoms with Gasteiger partial charge in [0.1, 0.15) is 5.75 Å². The number of anilines is 1. The molecule has 1 fully saturated rings. The molecule has 5 nitrogen and oxygen atoms in total. The lowest BCUT2D eigenvalue weighted by Gasteiger charge is -2.09. The highest BCUT2D eigenvalue weighted by molar-refractivity contribution is 6.05. The van der Waals surface area contributed by atoms with Crippen molar-refractivity contribution in [3.05, 3.63) is 53.9 Å². The Morgan fingerprint density at radius 1 is 1.33 bits per heavy atom. The molecular weight excluding hydrogens is 266 g/mol. The third-order valence-electron chi connectivity index (χ3n) is 3.40. The quantitative estimate of drug-likeness (QED) is 0.787. The van der Waals surface area contributed by atoms with E-state index in [1.54, 1.807) is 0 Å². The summed E-state index contributed by atoms with van der Waals surface area (Å²) in [5, 5.41) is 15.9. The number of carbonyl (C=O) groups is 1. The molecule has 1 aliphatic rings. The zero-order valence-corrected chi connectivity index (χ0v) is 11.5. The van der Waals surface area contributed by atoms with E-state index >= 15 is 0 Å². The van der Waals surface area contributed by atoms with Crippen LogP contribution in [-0.2, 0) is 6.54 Å². The monoisotopic (exact) mass is 283 g/mol. The largest absolute Gasteiger partial charge is 0.505 e. The summed E-state index contributed by atoms with van der Waals surface area (Å²) in [5.74, 6) is -0.469. The fourth-order valence-corrected chi connectivity index (χ4v) is 2.09. The SMILES string of the molecule is O=C(Nc1cccc(CNC2CC2)c1)c1ccncc1O. The lowest BCUT2D eigenvalue weighted by Crippen LogP contribution is -2.16. The molecule has 1 saturated carbocycles. The van der Waals surface area contributed by atoms with Crippen molar-refractivity contribution in [1.82, 2.24) is 10.3 Å². The van der Waals surface area contributed by atoms with Crippen molar-refractivity contribution in [1.29, 1.82) is 0 Å². The Morgan fingerprint density at radius 2 is 2.19 bits per heavy atom. The molecule has 1 aromatic heterocycles. The summed E-state index contributed by atoms with van der Waals surface area (Å²) in [5.41, 5.74) is 2.05. The molecule has 0 atom stereocenters. The molecule has 21 heavy (non-hydrogen) atoms. The summed E-state index contributed by atoms with van der Waals surface area (Å²) >= 11 is 0. The van der Waals surface area contributed by atoms with E-state index in [9.17, 15) is 9.90 Å². The molecule has 108 valence electrons. The predicted molar refractivity (Wildman–Crippen MR) is 80.2 cm³/mol. The molecule has 1 heterocycles. The molecule has 0 spiro atoms. The van der Waals surface area contributed by atoms with Crippen molar-refractivity contribution in [2.75, 3.05) is 5.32 Å². The predicted octanol–water partition coefficient (Wildman–Crippen LogP) is 2.29. The Morgan fingerprint density at radius 3 is 2.95 bits per heavy atom. The highest BCUT2D eigenvalue weighted by Gasteiger charge is 2.20.